The van der Waals surface area contributed by atoms with Crippen molar-refractivity contribution in [1.29, 1.82) is 0 Å². The van der Waals surface area contributed by atoms with Crippen molar-refractivity contribution in [2.45, 2.75) is 13.8 Å². The monoisotopic (exact) mass is 448 g/mol. The molecule has 32 heavy (non-hydrogen) atoms. The van der Waals surface area contributed by atoms with Crippen LogP contribution in [-0.4, -0.2) is 10.5 Å². The second kappa shape index (κ2) is 8.43. The molecule has 2 aromatic heterocycles. The van der Waals surface area contributed by atoms with Gasteiger partial charge in [-0.05, 0) is 72.8 Å². The fourth-order valence-corrected chi connectivity index (χ4v) is 4.56. The SMILES string of the molecule is C=CC(=O)Nc1ccc(Oc2c(C)cc(F)cc2C)c(-c2cn(C)c(=O)c3ccsc23)c1. The van der Waals surface area contributed by atoms with Gasteiger partial charge in [-0.3, -0.25) is 9.59 Å². The van der Waals surface area contributed by atoms with Gasteiger partial charge >= 0.3 is 0 Å². The van der Waals surface area contributed by atoms with E-state index in [1.54, 1.807) is 51.4 Å². The van der Waals surface area contributed by atoms with Crippen LogP contribution in [0.15, 0.2) is 65.4 Å². The highest BCUT2D eigenvalue weighted by Crippen LogP contribution is 2.41. The smallest absolute Gasteiger partial charge is 0.259 e. The van der Waals surface area contributed by atoms with Crippen LogP contribution in [0.4, 0.5) is 10.1 Å². The molecule has 0 spiro atoms. The lowest BCUT2D eigenvalue weighted by Gasteiger charge is -2.17. The van der Waals surface area contributed by atoms with Crippen LogP contribution in [0.5, 0.6) is 11.5 Å². The molecule has 1 amide bonds. The highest BCUT2D eigenvalue weighted by molar-refractivity contribution is 7.17. The highest BCUT2D eigenvalue weighted by Gasteiger charge is 2.18. The van der Waals surface area contributed by atoms with Crippen LogP contribution >= 0.6 is 11.3 Å². The van der Waals surface area contributed by atoms with Crippen LogP contribution in [0.3, 0.4) is 0 Å². The molecule has 1 N–H and O–H groups in total. The number of carbonyl (C=O) groups excluding carboxylic acids is 1. The van der Waals surface area contributed by atoms with Gasteiger partial charge in [0.25, 0.3) is 5.56 Å². The van der Waals surface area contributed by atoms with E-state index in [-0.39, 0.29) is 17.3 Å². The molecule has 0 aliphatic carbocycles. The number of amides is 1. The summed E-state index contributed by atoms with van der Waals surface area (Å²) in [6.45, 7) is 7.06. The van der Waals surface area contributed by atoms with E-state index in [0.717, 1.165) is 10.3 Å². The first-order valence-corrected chi connectivity index (χ1v) is 10.8. The Balaban J connectivity index is 1.94. The van der Waals surface area contributed by atoms with Crippen LogP contribution < -0.4 is 15.6 Å². The molecule has 0 atom stereocenters. The first-order valence-electron chi connectivity index (χ1n) is 9.87. The van der Waals surface area contributed by atoms with E-state index in [4.69, 9.17) is 4.74 Å². The second-order valence-corrected chi connectivity index (χ2v) is 8.41. The van der Waals surface area contributed by atoms with Gasteiger partial charge in [-0.25, -0.2) is 4.39 Å². The Labute approximate surface area is 188 Å². The maximum absolute atomic E-state index is 13.8. The summed E-state index contributed by atoms with van der Waals surface area (Å²) in [5.74, 6) is 0.417. The van der Waals surface area contributed by atoms with E-state index in [9.17, 15) is 14.0 Å². The third kappa shape index (κ3) is 3.94. The number of halogens is 1. The number of ether oxygens (including phenoxy) is 1. The Morgan fingerprint density at radius 2 is 1.88 bits per heavy atom. The van der Waals surface area contributed by atoms with Crippen LogP contribution in [0.25, 0.3) is 21.2 Å². The van der Waals surface area contributed by atoms with Crippen molar-refractivity contribution in [1.82, 2.24) is 4.57 Å². The van der Waals surface area contributed by atoms with Crippen molar-refractivity contribution >= 4 is 33.0 Å². The summed E-state index contributed by atoms with van der Waals surface area (Å²) in [5, 5.41) is 5.24. The van der Waals surface area contributed by atoms with Crippen molar-refractivity contribution in [2.24, 2.45) is 7.05 Å². The third-order valence-corrected chi connectivity index (χ3v) is 6.09. The van der Waals surface area contributed by atoms with Gasteiger partial charge in [-0.2, -0.15) is 0 Å². The lowest BCUT2D eigenvalue weighted by atomic mass is 10.0. The van der Waals surface area contributed by atoms with Gasteiger partial charge in [0.05, 0.1) is 5.39 Å². The molecule has 162 valence electrons. The summed E-state index contributed by atoms with van der Waals surface area (Å²) < 4.78 is 22.4. The Morgan fingerprint density at radius 3 is 2.56 bits per heavy atom. The minimum Gasteiger partial charge on any atom is -0.456 e. The molecule has 0 saturated heterocycles. The van der Waals surface area contributed by atoms with Crippen LogP contribution in [0.1, 0.15) is 11.1 Å². The van der Waals surface area contributed by atoms with E-state index in [1.807, 2.05) is 5.38 Å². The zero-order valence-corrected chi connectivity index (χ0v) is 18.7. The zero-order chi connectivity index (χ0) is 23.0. The van der Waals surface area contributed by atoms with Gasteiger partial charge in [0.15, 0.2) is 0 Å². The molecule has 0 aliphatic heterocycles. The molecule has 2 heterocycles. The van der Waals surface area contributed by atoms with Gasteiger partial charge in [0.2, 0.25) is 5.91 Å². The number of fused-ring (bicyclic) bond motifs is 1. The van der Waals surface area contributed by atoms with E-state index < -0.39 is 0 Å². The minimum absolute atomic E-state index is 0.0891. The second-order valence-electron chi connectivity index (χ2n) is 7.50. The molecule has 2 aromatic carbocycles. The summed E-state index contributed by atoms with van der Waals surface area (Å²) in [6, 6.07) is 9.91. The lowest BCUT2D eigenvalue weighted by Crippen LogP contribution is -2.15. The largest absolute Gasteiger partial charge is 0.456 e. The molecule has 0 unspecified atom stereocenters. The van der Waals surface area contributed by atoms with Gasteiger partial charge in [-0.1, -0.05) is 6.58 Å². The van der Waals surface area contributed by atoms with E-state index in [0.29, 0.717) is 39.3 Å². The number of nitrogens with one attached hydrogen (secondary N) is 1. The highest BCUT2D eigenvalue weighted by atomic mass is 32.1. The Hall–Kier alpha value is -3.71. The maximum atomic E-state index is 13.8. The molecular weight excluding hydrogens is 427 g/mol. The molecular formula is C25H21FN2O3S. The number of benzene rings is 2. The first kappa shape index (κ1) is 21.5. The van der Waals surface area contributed by atoms with Crippen LogP contribution in [-0.2, 0) is 11.8 Å². The third-order valence-electron chi connectivity index (χ3n) is 5.14. The molecule has 0 saturated carbocycles. The standard InChI is InChI=1S/C25H21FN2O3S/c1-5-22(29)27-17-6-7-21(31-23-14(2)10-16(26)11-15(23)3)19(12-17)20-13-28(4)25(30)18-8-9-32-24(18)20/h5-13H,1H2,2-4H3,(H,27,29). The number of pyridine rings is 1. The van der Waals surface area contributed by atoms with Gasteiger partial charge in [-0.15, -0.1) is 11.3 Å². The molecule has 0 bridgehead atoms. The predicted molar refractivity (Wildman–Crippen MR) is 127 cm³/mol. The molecule has 7 heteroatoms. The van der Waals surface area contributed by atoms with Crippen molar-refractivity contribution in [3.05, 3.63) is 87.9 Å². The Bertz CT molecular complexity index is 1410. The summed E-state index contributed by atoms with van der Waals surface area (Å²) in [5.41, 5.74) is 3.29. The number of hydrogen-bond acceptors (Lipinski definition) is 4. The van der Waals surface area contributed by atoms with E-state index in [1.165, 1.54) is 34.1 Å². The number of rotatable bonds is 5. The Morgan fingerprint density at radius 1 is 1.16 bits per heavy atom. The van der Waals surface area contributed by atoms with Gasteiger partial charge in [0.1, 0.15) is 17.3 Å². The summed E-state index contributed by atoms with van der Waals surface area (Å²) in [4.78, 5) is 24.4. The van der Waals surface area contributed by atoms with Crippen molar-refractivity contribution in [3.63, 3.8) is 0 Å². The fourth-order valence-electron chi connectivity index (χ4n) is 3.65. The molecule has 4 aromatic rings. The van der Waals surface area contributed by atoms with Gasteiger partial charge in [0, 0.05) is 34.8 Å². The molecule has 5 nitrogen and oxygen atoms in total. The normalized spacial score (nSPS) is 10.9. The van der Waals surface area contributed by atoms with Crippen molar-refractivity contribution in [2.75, 3.05) is 5.32 Å². The first-order chi connectivity index (χ1) is 15.3. The number of carbonyl (C=O) groups is 1. The lowest BCUT2D eigenvalue weighted by molar-refractivity contribution is -0.111. The van der Waals surface area contributed by atoms with Crippen LogP contribution in [0.2, 0.25) is 0 Å². The number of nitrogens with zero attached hydrogens (tertiary/aromatic N) is 1. The van der Waals surface area contributed by atoms with E-state index in [2.05, 4.69) is 11.9 Å². The zero-order valence-electron chi connectivity index (χ0n) is 17.9. The molecule has 0 aliphatic rings. The molecule has 0 radical (unpaired) electrons. The predicted octanol–water partition coefficient (Wildman–Crippen LogP) is 5.94. The number of thiophene rings is 1. The van der Waals surface area contributed by atoms with Crippen LogP contribution in [0, 0.1) is 19.7 Å². The molecule has 4 rings (SSSR count). The van der Waals surface area contributed by atoms with E-state index >= 15 is 0 Å². The summed E-state index contributed by atoms with van der Waals surface area (Å²) in [7, 11) is 1.70. The summed E-state index contributed by atoms with van der Waals surface area (Å²) in [6.07, 6.45) is 2.95. The number of aryl methyl sites for hydroxylation is 3. The molecule has 0 fully saturated rings. The topological polar surface area (TPSA) is 60.3 Å². The maximum Gasteiger partial charge on any atom is 0.259 e. The minimum atomic E-state index is -0.337. The van der Waals surface area contributed by atoms with Gasteiger partial charge < -0.3 is 14.6 Å². The Kier molecular flexibility index (Phi) is 5.67. The number of anilines is 1. The average molecular weight is 449 g/mol. The fraction of sp³-hybridized carbons (Fsp3) is 0.120. The number of aromatic nitrogens is 1. The van der Waals surface area contributed by atoms with Crippen molar-refractivity contribution in [3.8, 4) is 22.6 Å². The average Bonchev–Trinajstić information content (AvgIpc) is 3.24. The quantitative estimate of drug-likeness (QED) is 0.385. The van der Waals surface area contributed by atoms with Crippen molar-refractivity contribution < 1.29 is 13.9 Å². The number of hydrogen-bond donors (Lipinski definition) is 1. The summed E-state index contributed by atoms with van der Waals surface area (Å²) >= 11 is 1.46.